The zero-order valence-electron chi connectivity index (χ0n) is 6.10. The fraction of sp³-hybridized carbons (Fsp3) is 0. The Morgan fingerprint density at radius 2 is 2.25 bits per heavy atom. The van der Waals surface area contributed by atoms with Gasteiger partial charge in [0.15, 0.2) is 0 Å². The number of phenolic OH excluding ortho intramolecular Hbond substituents is 1. The first-order chi connectivity index (χ1) is 5.77. The van der Waals surface area contributed by atoms with Gasteiger partial charge in [0.05, 0.1) is 17.8 Å². The summed E-state index contributed by atoms with van der Waals surface area (Å²) in [5, 5.41) is 28.6. The van der Waals surface area contributed by atoms with E-state index in [9.17, 15) is 0 Å². The maximum Gasteiger partial charge on any atom is 0.124 e. The molecule has 0 heterocycles. The lowest BCUT2D eigenvalue weighted by Gasteiger charge is -1.96. The molecule has 0 bridgehead atoms. The monoisotopic (exact) mass is 162 g/mol. The van der Waals surface area contributed by atoms with Gasteiger partial charge in [-0.3, -0.25) is 0 Å². The number of nitrogens with zero attached hydrogens (tertiary/aromatic N) is 2. The van der Waals surface area contributed by atoms with Crippen molar-refractivity contribution in [3.63, 3.8) is 0 Å². The molecule has 0 saturated carbocycles. The van der Waals surface area contributed by atoms with Gasteiger partial charge in [0.25, 0.3) is 0 Å². The molecule has 0 unspecified atom stereocenters. The third-order valence-corrected chi connectivity index (χ3v) is 1.35. The fourth-order valence-electron chi connectivity index (χ4n) is 0.790. The fourth-order valence-corrected chi connectivity index (χ4v) is 0.790. The van der Waals surface area contributed by atoms with Gasteiger partial charge in [0.1, 0.15) is 5.75 Å². The summed E-state index contributed by atoms with van der Waals surface area (Å²) in [7, 11) is 0. The van der Waals surface area contributed by atoms with Gasteiger partial charge in [0.2, 0.25) is 0 Å². The van der Waals surface area contributed by atoms with Crippen LogP contribution in [0.25, 0.3) is 0 Å². The molecule has 0 atom stereocenters. The summed E-state index contributed by atoms with van der Waals surface area (Å²) in [4.78, 5) is 0. The molecular formula is C8H6N2O2. The van der Waals surface area contributed by atoms with Crippen LogP contribution < -0.4 is 0 Å². The number of hydrogen-bond donors (Lipinski definition) is 2. The van der Waals surface area contributed by atoms with Crippen molar-refractivity contribution in [3.05, 3.63) is 29.3 Å². The summed E-state index contributed by atoms with van der Waals surface area (Å²) in [6, 6.07) is 6.17. The number of hydrogen-bond acceptors (Lipinski definition) is 4. The first-order valence-electron chi connectivity index (χ1n) is 3.18. The van der Waals surface area contributed by atoms with E-state index in [1.165, 1.54) is 18.2 Å². The smallest absolute Gasteiger partial charge is 0.124 e. The number of nitriles is 1. The Hall–Kier alpha value is -2.02. The standard InChI is InChI=1S/C8H6N2O2/c9-4-6-1-2-8(11)7(3-6)5-10-12/h1-3,5,11-12H/b10-5+. The molecule has 0 spiro atoms. The minimum Gasteiger partial charge on any atom is -0.507 e. The van der Waals surface area contributed by atoms with E-state index in [-0.39, 0.29) is 5.75 Å². The van der Waals surface area contributed by atoms with E-state index in [0.29, 0.717) is 11.1 Å². The lowest BCUT2D eigenvalue weighted by atomic mass is 10.1. The zero-order valence-corrected chi connectivity index (χ0v) is 6.10. The molecule has 4 nitrogen and oxygen atoms in total. The topological polar surface area (TPSA) is 76.6 Å². The molecule has 0 radical (unpaired) electrons. The number of benzene rings is 1. The van der Waals surface area contributed by atoms with Gasteiger partial charge in [0, 0.05) is 5.56 Å². The molecule has 0 saturated heterocycles. The van der Waals surface area contributed by atoms with Gasteiger partial charge in [-0.25, -0.2) is 0 Å². The molecule has 60 valence electrons. The molecule has 0 fully saturated rings. The normalized spacial score (nSPS) is 9.92. The minimum atomic E-state index is -0.0215. The number of phenols is 1. The minimum absolute atomic E-state index is 0.0215. The lowest BCUT2D eigenvalue weighted by Crippen LogP contribution is -1.84. The molecule has 1 aromatic rings. The summed E-state index contributed by atoms with van der Waals surface area (Å²) < 4.78 is 0. The highest BCUT2D eigenvalue weighted by Gasteiger charge is 1.99. The second-order valence-electron chi connectivity index (χ2n) is 2.13. The summed E-state index contributed by atoms with van der Waals surface area (Å²) in [5.41, 5.74) is 0.722. The van der Waals surface area contributed by atoms with Gasteiger partial charge < -0.3 is 10.3 Å². The first-order valence-corrected chi connectivity index (χ1v) is 3.18. The maximum atomic E-state index is 9.15. The molecule has 4 heteroatoms. The summed E-state index contributed by atoms with van der Waals surface area (Å²) in [6.07, 6.45) is 1.07. The molecule has 0 aliphatic rings. The highest BCUT2D eigenvalue weighted by molar-refractivity contribution is 5.83. The van der Waals surface area contributed by atoms with E-state index in [4.69, 9.17) is 15.6 Å². The van der Waals surface area contributed by atoms with E-state index in [0.717, 1.165) is 6.21 Å². The van der Waals surface area contributed by atoms with Crippen LogP contribution in [0.4, 0.5) is 0 Å². The molecule has 0 amide bonds. The highest BCUT2D eigenvalue weighted by atomic mass is 16.4. The van der Waals surface area contributed by atoms with E-state index >= 15 is 0 Å². The Balaban J connectivity index is 3.19. The Bertz CT molecular complexity index is 353. The highest BCUT2D eigenvalue weighted by Crippen LogP contribution is 2.15. The molecule has 0 aliphatic heterocycles. The molecule has 0 aliphatic carbocycles. The summed E-state index contributed by atoms with van der Waals surface area (Å²) in [6.45, 7) is 0. The largest absolute Gasteiger partial charge is 0.507 e. The van der Waals surface area contributed by atoms with Crippen LogP contribution in [0, 0.1) is 11.3 Å². The second-order valence-corrected chi connectivity index (χ2v) is 2.13. The lowest BCUT2D eigenvalue weighted by molar-refractivity contribution is 0.321. The third kappa shape index (κ3) is 1.52. The van der Waals surface area contributed by atoms with Gasteiger partial charge in [-0.05, 0) is 18.2 Å². The van der Waals surface area contributed by atoms with Crippen LogP contribution in [0.15, 0.2) is 23.4 Å². The quantitative estimate of drug-likeness (QED) is 0.368. The van der Waals surface area contributed by atoms with Gasteiger partial charge in [-0.2, -0.15) is 5.26 Å². The van der Waals surface area contributed by atoms with Crippen molar-refractivity contribution in [1.82, 2.24) is 0 Å². The SMILES string of the molecule is N#Cc1ccc(O)c(/C=N/O)c1. The molecule has 12 heavy (non-hydrogen) atoms. The van der Waals surface area contributed by atoms with E-state index in [1.807, 2.05) is 6.07 Å². The Morgan fingerprint density at radius 3 is 2.83 bits per heavy atom. The maximum absolute atomic E-state index is 9.15. The molecule has 1 rings (SSSR count). The third-order valence-electron chi connectivity index (χ3n) is 1.35. The van der Waals surface area contributed by atoms with Crippen LogP contribution in [0.5, 0.6) is 5.75 Å². The zero-order chi connectivity index (χ0) is 8.97. The van der Waals surface area contributed by atoms with Crippen LogP contribution in [0.2, 0.25) is 0 Å². The van der Waals surface area contributed by atoms with E-state index in [2.05, 4.69) is 5.16 Å². The number of rotatable bonds is 1. The molecule has 1 aromatic carbocycles. The predicted octanol–water partition coefficient (Wildman–Crippen LogP) is 1.07. The summed E-state index contributed by atoms with van der Waals surface area (Å²) >= 11 is 0. The second kappa shape index (κ2) is 3.39. The van der Waals surface area contributed by atoms with Crippen molar-refractivity contribution < 1.29 is 10.3 Å². The number of oxime groups is 1. The average Bonchev–Trinajstić information content (AvgIpc) is 2.09. The van der Waals surface area contributed by atoms with Crippen molar-refractivity contribution in [3.8, 4) is 11.8 Å². The molecular weight excluding hydrogens is 156 g/mol. The molecule has 0 aromatic heterocycles. The summed E-state index contributed by atoms with van der Waals surface area (Å²) in [5.74, 6) is -0.0215. The van der Waals surface area contributed by atoms with Crippen LogP contribution >= 0.6 is 0 Å². The Kier molecular flexibility index (Phi) is 2.29. The van der Waals surface area contributed by atoms with Crippen molar-refractivity contribution in [2.75, 3.05) is 0 Å². The Morgan fingerprint density at radius 1 is 1.50 bits per heavy atom. The van der Waals surface area contributed by atoms with E-state index in [1.54, 1.807) is 0 Å². The first kappa shape index (κ1) is 8.08. The van der Waals surface area contributed by atoms with E-state index < -0.39 is 0 Å². The van der Waals surface area contributed by atoms with Crippen LogP contribution in [0.3, 0.4) is 0 Å². The van der Waals surface area contributed by atoms with Crippen molar-refractivity contribution in [2.24, 2.45) is 5.16 Å². The van der Waals surface area contributed by atoms with Gasteiger partial charge in [-0.1, -0.05) is 5.16 Å². The van der Waals surface area contributed by atoms with Crippen molar-refractivity contribution >= 4 is 6.21 Å². The average molecular weight is 162 g/mol. The predicted molar refractivity (Wildman–Crippen MR) is 42.2 cm³/mol. The van der Waals surface area contributed by atoms with Crippen LogP contribution in [-0.2, 0) is 0 Å². The van der Waals surface area contributed by atoms with Crippen molar-refractivity contribution in [1.29, 1.82) is 5.26 Å². The molecule has 2 N–H and O–H groups in total. The van der Waals surface area contributed by atoms with Gasteiger partial charge >= 0.3 is 0 Å². The van der Waals surface area contributed by atoms with Crippen molar-refractivity contribution in [2.45, 2.75) is 0 Å². The number of aromatic hydroxyl groups is 1. The van der Waals surface area contributed by atoms with Crippen LogP contribution in [0.1, 0.15) is 11.1 Å². The van der Waals surface area contributed by atoms with Crippen LogP contribution in [-0.4, -0.2) is 16.5 Å². The van der Waals surface area contributed by atoms with Gasteiger partial charge in [-0.15, -0.1) is 0 Å². The Labute approximate surface area is 69.0 Å².